The molecule has 2 aromatic heterocycles. The summed E-state index contributed by atoms with van der Waals surface area (Å²) in [5.74, 6) is -0.476. The molecule has 3 rings (SSSR count). The molecular weight excluding hydrogens is 309 g/mol. The molecule has 0 radical (unpaired) electrons. The molecule has 0 aliphatic heterocycles. The molecule has 24 heavy (non-hydrogen) atoms. The van der Waals surface area contributed by atoms with E-state index < -0.39 is 0 Å². The Morgan fingerprint density at radius 2 is 2.04 bits per heavy atom. The first-order chi connectivity index (χ1) is 11.5. The van der Waals surface area contributed by atoms with Crippen LogP contribution in [-0.2, 0) is 13.6 Å². The van der Waals surface area contributed by atoms with Gasteiger partial charge in [0.2, 0.25) is 0 Å². The monoisotopic (exact) mass is 327 g/mol. The summed E-state index contributed by atoms with van der Waals surface area (Å²) in [5, 5.41) is 11.1. The van der Waals surface area contributed by atoms with Crippen molar-refractivity contribution in [3.8, 4) is 11.3 Å². The van der Waals surface area contributed by atoms with Crippen molar-refractivity contribution in [1.29, 1.82) is 0 Å². The molecule has 0 bridgehead atoms. The van der Waals surface area contributed by atoms with Crippen molar-refractivity contribution in [3.05, 3.63) is 59.3 Å². The summed E-state index contributed by atoms with van der Waals surface area (Å²) >= 11 is 0. The highest BCUT2D eigenvalue weighted by Crippen LogP contribution is 2.19. The molecule has 1 N–H and O–H groups in total. The number of nitrogens with zero attached hydrogens (tertiary/aromatic N) is 4. The molecule has 0 saturated carbocycles. The average Bonchev–Trinajstić information content (AvgIpc) is 3.17. The van der Waals surface area contributed by atoms with Crippen LogP contribution in [0.15, 0.2) is 36.5 Å². The van der Waals surface area contributed by atoms with Crippen LogP contribution in [0.5, 0.6) is 0 Å². The van der Waals surface area contributed by atoms with E-state index in [1.807, 2.05) is 14.0 Å². The number of amides is 1. The fourth-order valence-electron chi connectivity index (χ4n) is 2.43. The lowest BCUT2D eigenvalue weighted by atomic mass is 10.1. The fourth-order valence-corrected chi connectivity index (χ4v) is 2.43. The molecule has 6 nitrogen and oxygen atoms in total. The Hall–Kier alpha value is -2.96. The zero-order chi connectivity index (χ0) is 17.3. The third kappa shape index (κ3) is 3.05. The normalized spacial score (nSPS) is 10.8. The molecule has 0 spiro atoms. The molecular formula is C17H18FN5O. The summed E-state index contributed by atoms with van der Waals surface area (Å²) in [6.45, 7) is 2.42. The molecule has 0 saturated heterocycles. The van der Waals surface area contributed by atoms with Gasteiger partial charge in [0.15, 0.2) is 0 Å². The van der Waals surface area contributed by atoms with Gasteiger partial charge in [0, 0.05) is 37.5 Å². The minimum Gasteiger partial charge on any atom is -0.336 e. The van der Waals surface area contributed by atoms with E-state index in [2.05, 4.69) is 15.3 Å². The van der Waals surface area contributed by atoms with Crippen molar-refractivity contribution < 1.29 is 9.18 Å². The molecule has 0 aliphatic carbocycles. The van der Waals surface area contributed by atoms with E-state index >= 15 is 0 Å². The van der Waals surface area contributed by atoms with Gasteiger partial charge in [-0.3, -0.25) is 14.6 Å². The van der Waals surface area contributed by atoms with E-state index in [9.17, 15) is 9.18 Å². The van der Waals surface area contributed by atoms with Gasteiger partial charge in [0.1, 0.15) is 11.5 Å². The van der Waals surface area contributed by atoms with Crippen LogP contribution in [0.2, 0.25) is 0 Å². The number of nitrogens with one attached hydrogen (secondary N) is 1. The van der Waals surface area contributed by atoms with E-state index in [0.717, 1.165) is 16.8 Å². The average molecular weight is 327 g/mol. The number of hydrogen-bond donors (Lipinski definition) is 1. The number of rotatable bonds is 4. The number of benzene rings is 1. The third-order valence-electron chi connectivity index (χ3n) is 4.04. The predicted octanol–water partition coefficient (Wildman–Crippen LogP) is 2.53. The standard InChI is InChI=1S/C17H18FN5O/c1-11-13(9-19-23(11)3)10-22(2)17(24)16-8-15(20-21-16)12-4-6-14(18)7-5-12/h4-9H,10H2,1-3H3,(H,20,21). The highest BCUT2D eigenvalue weighted by molar-refractivity contribution is 5.93. The van der Waals surface area contributed by atoms with Gasteiger partial charge in [0.25, 0.3) is 5.91 Å². The maximum absolute atomic E-state index is 13.0. The number of halogens is 1. The van der Waals surface area contributed by atoms with Crippen molar-refractivity contribution in [2.45, 2.75) is 13.5 Å². The largest absolute Gasteiger partial charge is 0.336 e. The molecule has 1 amide bonds. The van der Waals surface area contributed by atoms with E-state index in [4.69, 9.17) is 0 Å². The Morgan fingerprint density at radius 1 is 1.33 bits per heavy atom. The molecule has 124 valence electrons. The van der Waals surface area contributed by atoms with Crippen molar-refractivity contribution in [2.24, 2.45) is 7.05 Å². The summed E-state index contributed by atoms with van der Waals surface area (Å²) in [7, 11) is 3.59. The van der Waals surface area contributed by atoms with Crippen LogP contribution in [0.4, 0.5) is 4.39 Å². The zero-order valence-electron chi connectivity index (χ0n) is 13.7. The molecule has 0 fully saturated rings. The maximum atomic E-state index is 13.0. The quantitative estimate of drug-likeness (QED) is 0.801. The first-order valence-corrected chi connectivity index (χ1v) is 7.50. The van der Waals surface area contributed by atoms with Crippen LogP contribution in [0.1, 0.15) is 21.7 Å². The first kappa shape index (κ1) is 15.9. The predicted molar refractivity (Wildman–Crippen MR) is 87.7 cm³/mol. The summed E-state index contributed by atoms with van der Waals surface area (Å²) < 4.78 is 14.8. The number of H-pyrrole nitrogens is 1. The van der Waals surface area contributed by atoms with Crippen LogP contribution < -0.4 is 0 Å². The molecule has 0 unspecified atom stereocenters. The Labute approximate surface area is 138 Å². The van der Waals surface area contributed by atoms with Gasteiger partial charge in [-0.1, -0.05) is 0 Å². The molecule has 2 heterocycles. The van der Waals surface area contributed by atoms with Crippen molar-refractivity contribution in [3.63, 3.8) is 0 Å². The highest BCUT2D eigenvalue weighted by Gasteiger charge is 2.17. The topological polar surface area (TPSA) is 66.8 Å². The lowest BCUT2D eigenvalue weighted by Crippen LogP contribution is -2.26. The lowest BCUT2D eigenvalue weighted by molar-refractivity contribution is 0.0779. The van der Waals surface area contributed by atoms with Crippen molar-refractivity contribution in [2.75, 3.05) is 7.05 Å². The Kier molecular flexibility index (Phi) is 4.16. The van der Waals surface area contributed by atoms with E-state index in [1.165, 1.54) is 12.1 Å². The van der Waals surface area contributed by atoms with Gasteiger partial charge in [-0.25, -0.2) is 4.39 Å². The van der Waals surface area contributed by atoms with E-state index in [1.54, 1.807) is 41.0 Å². The second-order valence-electron chi connectivity index (χ2n) is 5.71. The van der Waals surface area contributed by atoms with Crippen LogP contribution >= 0.6 is 0 Å². The lowest BCUT2D eigenvalue weighted by Gasteiger charge is -2.15. The van der Waals surface area contributed by atoms with Crippen LogP contribution in [-0.4, -0.2) is 37.8 Å². The minimum absolute atomic E-state index is 0.167. The van der Waals surface area contributed by atoms with E-state index in [0.29, 0.717) is 17.9 Å². The molecule has 0 atom stereocenters. The van der Waals surface area contributed by atoms with Crippen LogP contribution in [0.25, 0.3) is 11.3 Å². The Balaban J connectivity index is 1.75. The van der Waals surface area contributed by atoms with Gasteiger partial charge in [-0.05, 0) is 37.3 Å². The van der Waals surface area contributed by atoms with Crippen LogP contribution in [0.3, 0.4) is 0 Å². The fraction of sp³-hybridized carbons (Fsp3) is 0.235. The number of aryl methyl sites for hydroxylation is 1. The zero-order valence-corrected chi connectivity index (χ0v) is 13.7. The van der Waals surface area contributed by atoms with Crippen LogP contribution in [0, 0.1) is 12.7 Å². The number of aromatic amines is 1. The molecule has 0 aliphatic rings. The number of carbonyl (C=O) groups is 1. The summed E-state index contributed by atoms with van der Waals surface area (Å²) in [5.41, 5.74) is 3.75. The maximum Gasteiger partial charge on any atom is 0.271 e. The molecule has 7 heteroatoms. The van der Waals surface area contributed by atoms with Gasteiger partial charge in [-0.15, -0.1) is 0 Å². The number of carbonyl (C=O) groups excluding carboxylic acids is 1. The Morgan fingerprint density at radius 3 is 2.67 bits per heavy atom. The van der Waals surface area contributed by atoms with Gasteiger partial charge in [-0.2, -0.15) is 10.2 Å². The minimum atomic E-state index is -0.308. The highest BCUT2D eigenvalue weighted by atomic mass is 19.1. The van der Waals surface area contributed by atoms with Crippen molar-refractivity contribution in [1.82, 2.24) is 24.9 Å². The number of aromatic nitrogens is 4. The smallest absolute Gasteiger partial charge is 0.271 e. The van der Waals surface area contributed by atoms with E-state index in [-0.39, 0.29) is 11.7 Å². The van der Waals surface area contributed by atoms with Gasteiger partial charge >= 0.3 is 0 Å². The van der Waals surface area contributed by atoms with Crippen molar-refractivity contribution >= 4 is 5.91 Å². The molecule has 1 aromatic carbocycles. The second-order valence-corrected chi connectivity index (χ2v) is 5.71. The summed E-state index contributed by atoms with van der Waals surface area (Å²) in [4.78, 5) is 14.1. The SMILES string of the molecule is Cc1c(CN(C)C(=O)c2cc(-c3ccc(F)cc3)n[nH]2)cnn1C. The first-order valence-electron chi connectivity index (χ1n) is 7.50. The van der Waals surface area contributed by atoms with Gasteiger partial charge < -0.3 is 4.90 Å². The van der Waals surface area contributed by atoms with Gasteiger partial charge in [0.05, 0.1) is 11.9 Å². The molecule has 3 aromatic rings. The number of hydrogen-bond acceptors (Lipinski definition) is 3. The third-order valence-corrected chi connectivity index (χ3v) is 4.04. The summed E-state index contributed by atoms with van der Waals surface area (Å²) in [6, 6.07) is 7.65. The Bertz CT molecular complexity index is 865. The summed E-state index contributed by atoms with van der Waals surface area (Å²) in [6.07, 6.45) is 1.76. The second kappa shape index (κ2) is 6.27.